The molecule has 11 heteroatoms. The number of carbonyl (C=O) groups is 3. The largest absolute Gasteiger partial charge is 0.460 e. The van der Waals surface area contributed by atoms with Crippen LogP contribution in [0.1, 0.15) is 71.9 Å². The average Bonchev–Trinajstić information content (AvgIpc) is 3.66. The molecule has 0 N–H and O–H groups in total. The van der Waals surface area contributed by atoms with E-state index in [2.05, 4.69) is 38.8 Å². The number of ether oxygens (including phenoxy) is 2. The van der Waals surface area contributed by atoms with Crippen LogP contribution in [0, 0.1) is 5.41 Å². The van der Waals surface area contributed by atoms with Gasteiger partial charge in [-0.25, -0.2) is 0 Å². The van der Waals surface area contributed by atoms with E-state index in [1.165, 1.54) is 13.8 Å². The van der Waals surface area contributed by atoms with Crippen LogP contribution in [0.3, 0.4) is 0 Å². The highest BCUT2D eigenvalue weighted by Gasteiger charge is 2.51. The molecule has 4 rings (SSSR count). The van der Waals surface area contributed by atoms with Crippen molar-refractivity contribution in [2.45, 2.75) is 96.3 Å². The molecule has 0 radical (unpaired) electrons. The summed E-state index contributed by atoms with van der Waals surface area (Å²) in [6, 6.07) is 5.90. The van der Waals surface area contributed by atoms with Crippen molar-refractivity contribution in [2.24, 2.45) is 15.4 Å². The van der Waals surface area contributed by atoms with Crippen LogP contribution in [0.25, 0.3) is 0 Å². The van der Waals surface area contributed by atoms with Gasteiger partial charge in [-0.15, -0.1) is 35.3 Å². The van der Waals surface area contributed by atoms with Gasteiger partial charge in [0.1, 0.15) is 28.7 Å². The molecular weight excluding hydrogens is 591 g/mol. The first-order valence-corrected chi connectivity index (χ1v) is 17.6. The first-order valence-electron chi connectivity index (χ1n) is 14.6. The number of thioether (sulfide) groups is 3. The molecule has 230 valence electrons. The van der Waals surface area contributed by atoms with Crippen molar-refractivity contribution in [3.8, 4) is 5.75 Å². The SMILES string of the molecule is CCCCCc1cccc(OC(C)=O)c1C1=NC(C2SCC(C(OC(C)=O)C(C)(C)C3=NC(C)(C=O)CS3)N2C)CS1. The maximum Gasteiger partial charge on any atom is 0.308 e. The van der Waals surface area contributed by atoms with E-state index in [4.69, 9.17) is 19.5 Å². The number of aldehydes is 1. The monoisotopic (exact) mass is 633 g/mol. The third kappa shape index (κ3) is 7.27. The molecule has 1 fully saturated rings. The Bertz CT molecular complexity index is 1250. The van der Waals surface area contributed by atoms with Crippen LogP contribution < -0.4 is 4.74 Å². The van der Waals surface area contributed by atoms with Crippen molar-refractivity contribution in [3.63, 3.8) is 0 Å². The van der Waals surface area contributed by atoms with Gasteiger partial charge in [-0.3, -0.25) is 24.5 Å². The molecule has 42 heavy (non-hydrogen) atoms. The molecule has 5 unspecified atom stereocenters. The normalized spacial score (nSPS) is 27.0. The van der Waals surface area contributed by atoms with Crippen LogP contribution in [0.15, 0.2) is 28.2 Å². The molecule has 0 spiro atoms. The molecule has 3 aliphatic heterocycles. The Morgan fingerprint density at radius 1 is 1.19 bits per heavy atom. The van der Waals surface area contributed by atoms with E-state index in [-0.39, 0.29) is 29.4 Å². The molecular formula is C31H43N3O5S3. The molecule has 8 nitrogen and oxygen atoms in total. The summed E-state index contributed by atoms with van der Waals surface area (Å²) in [6.45, 7) is 11.0. The Kier molecular flexibility index (Phi) is 10.9. The van der Waals surface area contributed by atoms with Gasteiger partial charge >= 0.3 is 11.9 Å². The Labute approximate surface area is 262 Å². The summed E-state index contributed by atoms with van der Waals surface area (Å²) in [5.74, 6) is 2.09. The molecule has 1 aromatic carbocycles. The summed E-state index contributed by atoms with van der Waals surface area (Å²) in [6.07, 6.45) is 4.72. The summed E-state index contributed by atoms with van der Waals surface area (Å²) >= 11 is 5.12. The Hall–Kier alpha value is -1.82. The lowest BCUT2D eigenvalue weighted by molar-refractivity contribution is -0.154. The van der Waals surface area contributed by atoms with Crippen LogP contribution in [-0.2, 0) is 25.5 Å². The summed E-state index contributed by atoms with van der Waals surface area (Å²) in [4.78, 5) is 48.2. The summed E-state index contributed by atoms with van der Waals surface area (Å²) < 4.78 is 11.7. The minimum Gasteiger partial charge on any atom is -0.460 e. The number of hydrogen-bond donors (Lipinski definition) is 0. The minimum absolute atomic E-state index is 0.0246. The maximum absolute atomic E-state index is 12.3. The number of benzene rings is 1. The molecule has 0 amide bonds. The number of nitrogens with zero attached hydrogens (tertiary/aromatic N) is 3. The lowest BCUT2D eigenvalue weighted by atomic mass is 9.82. The Balaban J connectivity index is 1.59. The van der Waals surface area contributed by atoms with Gasteiger partial charge in [-0.1, -0.05) is 45.7 Å². The highest BCUT2D eigenvalue weighted by molar-refractivity contribution is 8.15. The van der Waals surface area contributed by atoms with E-state index >= 15 is 0 Å². The first kappa shape index (κ1) is 33.1. The van der Waals surface area contributed by atoms with Crippen molar-refractivity contribution in [1.29, 1.82) is 0 Å². The number of aryl methyl sites for hydroxylation is 1. The quantitative estimate of drug-likeness (QED) is 0.125. The summed E-state index contributed by atoms with van der Waals surface area (Å²) in [7, 11) is 2.09. The van der Waals surface area contributed by atoms with Crippen molar-refractivity contribution in [3.05, 3.63) is 29.3 Å². The highest BCUT2D eigenvalue weighted by atomic mass is 32.2. The van der Waals surface area contributed by atoms with E-state index < -0.39 is 17.1 Å². The fraction of sp³-hybridized carbons (Fsp3) is 0.645. The van der Waals surface area contributed by atoms with Crippen LogP contribution in [-0.4, -0.2) is 86.6 Å². The summed E-state index contributed by atoms with van der Waals surface area (Å²) in [5.41, 5.74) is 0.779. The van der Waals surface area contributed by atoms with Crippen molar-refractivity contribution >= 4 is 63.6 Å². The zero-order valence-corrected chi connectivity index (χ0v) is 28.1. The fourth-order valence-corrected chi connectivity index (χ4v) is 9.91. The Morgan fingerprint density at radius 2 is 1.95 bits per heavy atom. The predicted molar refractivity (Wildman–Crippen MR) is 175 cm³/mol. The van der Waals surface area contributed by atoms with E-state index in [1.54, 1.807) is 23.5 Å². The fourth-order valence-electron chi connectivity index (χ4n) is 5.72. The molecule has 3 aliphatic rings. The van der Waals surface area contributed by atoms with Crippen molar-refractivity contribution in [1.82, 2.24) is 4.90 Å². The van der Waals surface area contributed by atoms with Crippen LogP contribution in [0.2, 0.25) is 0 Å². The topological polar surface area (TPSA) is 97.6 Å². The van der Waals surface area contributed by atoms with Gasteiger partial charge < -0.3 is 14.3 Å². The summed E-state index contributed by atoms with van der Waals surface area (Å²) in [5, 5.41) is 1.86. The number of likely N-dealkylation sites (N-methyl/N-ethyl adjacent to an activating group) is 1. The number of carbonyl (C=O) groups excluding carboxylic acids is 3. The molecule has 0 saturated carbocycles. The molecule has 0 aromatic heterocycles. The number of esters is 2. The smallest absolute Gasteiger partial charge is 0.308 e. The number of aliphatic imine (C=N–C) groups is 2. The average molecular weight is 634 g/mol. The number of unbranched alkanes of at least 4 members (excludes halogenated alkanes) is 2. The molecule has 0 bridgehead atoms. The predicted octanol–water partition coefficient (Wildman–Crippen LogP) is 5.64. The van der Waals surface area contributed by atoms with E-state index in [9.17, 15) is 14.4 Å². The van der Waals surface area contributed by atoms with Crippen LogP contribution in [0.4, 0.5) is 0 Å². The van der Waals surface area contributed by atoms with Crippen molar-refractivity contribution < 1.29 is 23.9 Å². The maximum atomic E-state index is 12.3. The molecule has 1 aromatic rings. The molecule has 0 aliphatic carbocycles. The van der Waals surface area contributed by atoms with Gasteiger partial charge in [0.05, 0.1) is 33.5 Å². The number of hydrogen-bond acceptors (Lipinski definition) is 11. The van der Waals surface area contributed by atoms with Crippen LogP contribution >= 0.6 is 35.3 Å². The van der Waals surface area contributed by atoms with Crippen molar-refractivity contribution in [2.75, 3.05) is 24.3 Å². The zero-order valence-electron chi connectivity index (χ0n) is 25.7. The second kappa shape index (κ2) is 13.9. The van der Waals surface area contributed by atoms with Crippen LogP contribution in [0.5, 0.6) is 5.75 Å². The molecule has 5 atom stereocenters. The van der Waals surface area contributed by atoms with Gasteiger partial charge in [0.25, 0.3) is 0 Å². The first-order chi connectivity index (χ1) is 19.9. The Morgan fingerprint density at radius 3 is 2.60 bits per heavy atom. The lowest BCUT2D eigenvalue weighted by Gasteiger charge is -2.40. The second-order valence-electron chi connectivity index (χ2n) is 12.0. The van der Waals surface area contributed by atoms with Gasteiger partial charge in [0.2, 0.25) is 0 Å². The third-order valence-corrected chi connectivity index (χ3v) is 12.2. The van der Waals surface area contributed by atoms with Gasteiger partial charge in [-0.2, -0.15) is 0 Å². The molecule has 3 heterocycles. The zero-order chi connectivity index (χ0) is 30.7. The standard InChI is InChI=1S/C31H43N3O5S3/c1-8-9-10-12-21-13-11-14-24(38-19(2)36)25(21)27-32-22(15-40-27)28-34(7)23(16-41-28)26(39-20(3)37)30(4,5)29-33-31(6,17-35)18-42-29/h11,13-14,17,22-23,26,28H,8-10,12,15-16,18H2,1-7H3. The van der Waals surface area contributed by atoms with E-state index in [0.29, 0.717) is 11.5 Å². The second-order valence-corrected chi connectivity index (χ2v) is 15.2. The highest BCUT2D eigenvalue weighted by Crippen LogP contribution is 2.45. The van der Waals surface area contributed by atoms with E-state index in [1.807, 2.05) is 30.8 Å². The minimum atomic E-state index is -0.749. The third-order valence-electron chi connectivity index (χ3n) is 8.01. The van der Waals surface area contributed by atoms with Gasteiger partial charge in [0.15, 0.2) is 0 Å². The van der Waals surface area contributed by atoms with Gasteiger partial charge in [-0.05, 0) is 38.4 Å². The number of rotatable bonds is 12. The molecule has 1 saturated heterocycles. The lowest BCUT2D eigenvalue weighted by Crippen LogP contribution is -2.53. The van der Waals surface area contributed by atoms with E-state index in [0.717, 1.165) is 64.7 Å². The van der Waals surface area contributed by atoms with Gasteiger partial charge in [0, 0.05) is 31.1 Å².